The van der Waals surface area contributed by atoms with Crippen molar-refractivity contribution in [2.45, 2.75) is 81.4 Å². The number of halogens is 2. The molecule has 4 amide bonds. The molecule has 1 aromatic heterocycles. The molecule has 2 saturated heterocycles. The van der Waals surface area contributed by atoms with Gasteiger partial charge in [0.15, 0.2) is 0 Å². The highest BCUT2D eigenvalue weighted by atomic mass is 19.3. The van der Waals surface area contributed by atoms with E-state index in [0.717, 1.165) is 29.7 Å². The van der Waals surface area contributed by atoms with Crippen LogP contribution in [-0.2, 0) is 19.2 Å². The lowest BCUT2D eigenvalue weighted by Crippen LogP contribution is -2.55. The highest BCUT2D eigenvalue weighted by Gasteiger charge is 2.60. The molecule has 13 heteroatoms. The van der Waals surface area contributed by atoms with Crippen molar-refractivity contribution in [3.8, 4) is 22.8 Å². The normalized spacial score (nSPS) is 27.9. The first-order valence-corrected chi connectivity index (χ1v) is 18.4. The molecule has 3 fully saturated rings. The van der Waals surface area contributed by atoms with Crippen molar-refractivity contribution in [2.24, 2.45) is 17.6 Å². The number of hydrogen-bond donors (Lipinski definition) is 2. The molecule has 4 heterocycles. The highest BCUT2D eigenvalue weighted by Crippen LogP contribution is 2.45. The molecular formula is C40H45F2N5O6. The number of nitrogens with one attached hydrogen (secondary N) is 1. The van der Waals surface area contributed by atoms with Gasteiger partial charge in [-0.15, -0.1) is 0 Å². The van der Waals surface area contributed by atoms with Crippen LogP contribution < -0.4 is 20.5 Å². The number of nitrogens with two attached hydrogens (primary N) is 1. The highest BCUT2D eigenvalue weighted by molar-refractivity contribution is 5.97. The van der Waals surface area contributed by atoms with Crippen molar-refractivity contribution in [2.75, 3.05) is 26.7 Å². The Morgan fingerprint density at radius 3 is 2.62 bits per heavy atom. The zero-order valence-electron chi connectivity index (χ0n) is 29.8. The number of amides is 4. The van der Waals surface area contributed by atoms with Crippen molar-refractivity contribution in [1.29, 1.82) is 0 Å². The van der Waals surface area contributed by atoms with Crippen LogP contribution in [0.2, 0.25) is 0 Å². The molecule has 5 atom stereocenters. The van der Waals surface area contributed by atoms with Crippen LogP contribution in [0.5, 0.6) is 11.5 Å². The molecule has 3 aliphatic heterocycles. The maximum absolute atomic E-state index is 14.6. The van der Waals surface area contributed by atoms with Gasteiger partial charge < -0.3 is 30.3 Å². The Hall–Kier alpha value is -5.07. The number of primary amides is 1. The van der Waals surface area contributed by atoms with Gasteiger partial charge in [-0.1, -0.05) is 55.3 Å². The van der Waals surface area contributed by atoms with Crippen molar-refractivity contribution in [3.63, 3.8) is 0 Å². The molecule has 2 aromatic carbocycles. The average Bonchev–Trinajstić information content (AvgIpc) is 3.46. The van der Waals surface area contributed by atoms with Crippen LogP contribution in [0.1, 0.15) is 57.8 Å². The lowest BCUT2D eigenvalue weighted by molar-refractivity contribution is -0.145. The second-order valence-electron chi connectivity index (χ2n) is 14.8. The Morgan fingerprint density at radius 1 is 1.08 bits per heavy atom. The third-order valence-electron chi connectivity index (χ3n) is 11.1. The van der Waals surface area contributed by atoms with E-state index in [1.807, 2.05) is 60.7 Å². The van der Waals surface area contributed by atoms with Gasteiger partial charge >= 0.3 is 0 Å². The Labute approximate surface area is 306 Å². The number of methoxy groups -OCH3 is 1. The van der Waals surface area contributed by atoms with Gasteiger partial charge in [0, 0.05) is 60.7 Å². The number of hydrogen-bond acceptors (Lipinski definition) is 7. The van der Waals surface area contributed by atoms with Crippen molar-refractivity contribution in [3.05, 3.63) is 66.7 Å². The summed E-state index contributed by atoms with van der Waals surface area (Å²) in [7, 11) is 1.57. The third kappa shape index (κ3) is 7.70. The van der Waals surface area contributed by atoms with E-state index in [1.165, 1.54) is 4.90 Å². The summed E-state index contributed by atoms with van der Waals surface area (Å²) in [5.74, 6) is -5.04. The Bertz CT molecular complexity index is 1920. The summed E-state index contributed by atoms with van der Waals surface area (Å²) in [6, 6.07) is 15.9. The summed E-state index contributed by atoms with van der Waals surface area (Å²) in [6.45, 7) is -0.718. The topological polar surface area (TPSA) is 144 Å². The summed E-state index contributed by atoms with van der Waals surface area (Å²) < 4.78 is 40.3. The van der Waals surface area contributed by atoms with Crippen LogP contribution >= 0.6 is 0 Å². The Kier molecular flexibility index (Phi) is 10.1. The molecule has 4 aliphatic rings. The van der Waals surface area contributed by atoms with E-state index >= 15 is 0 Å². The lowest BCUT2D eigenvalue weighted by atomic mass is 9.94. The van der Waals surface area contributed by atoms with E-state index in [-0.39, 0.29) is 31.8 Å². The van der Waals surface area contributed by atoms with Crippen molar-refractivity contribution < 1.29 is 37.4 Å². The Balaban J connectivity index is 1.21. The van der Waals surface area contributed by atoms with Crippen molar-refractivity contribution >= 4 is 34.5 Å². The third-order valence-corrected chi connectivity index (χ3v) is 11.1. The van der Waals surface area contributed by atoms with E-state index in [1.54, 1.807) is 13.2 Å². The van der Waals surface area contributed by atoms with Gasteiger partial charge in [-0.2, -0.15) is 0 Å². The molecular weight excluding hydrogens is 684 g/mol. The maximum atomic E-state index is 14.6. The number of alkyl halides is 2. The van der Waals surface area contributed by atoms with Crippen LogP contribution in [0.15, 0.2) is 66.7 Å². The summed E-state index contributed by atoms with van der Waals surface area (Å²) >= 11 is 0. The van der Waals surface area contributed by atoms with Gasteiger partial charge in [0.25, 0.3) is 5.92 Å². The SMILES string of the molecule is COc1ccc2c(O[C@@H]3C[C@H]4C(=O)N[C@]5(C(N)=O)C[C@H]5/C=C\CCCCC[C@H](CC(=O)N5CCC(F)(F)C5)C(=O)N4C3)cc(-c3ccccc3)nc2c1. The van der Waals surface area contributed by atoms with Crippen LogP contribution in [0, 0.1) is 11.8 Å². The molecule has 0 unspecified atom stereocenters. The zero-order chi connectivity index (χ0) is 37.3. The van der Waals surface area contributed by atoms with Gasteiger partial charge in [-0.3, -0.25) is 19.2 Å². The number of allylic oxidation sites excluding steroid dienone is 1. The number of rotatable bonds is 7. The lowest BCUT2D eigenvalue weighted by Gasteiger charge is -2.29. The van der Waals surface area contributed by atoms with E-state index in [4.69, 9.17) is 20.2 Å². The number of likely N-dealkylation sites (tertiary alicyclic amines) is 1. The molecule has 0 radical (unpaired) electrons. The minimum absolute atomic E-state index is 0.0247. The van der Waals surface area contributed by atoms with Gasteiger partial charge in [-0.25, -0.2) is 13.8 Å². The second kappa shape index (κ2) is 14.7. The quantitative estimate of drug-likeness (QED) is 0.326. The number of carbonyl (C=O) groups is 4. The van der Waals surface area contributed by atoms with E-state index in [2.05, 4.69) is 5.32 Å². The molecule has 7 rings (SSSR count). The maximum Gasteiger partial charge on any atom is 0.267 e. The minimum Gasteiger partial charge on any atom is -0.497 e. The monoisotopic (exact) mass is 729 g/mol. The average molecular weight is 730 g/mol. The first-order valence-electron chi connectivity index (χ1n) is 18.4. The first kappa shape index (κ1) is 36.3. The van der Waals surface area contributed by atoms with Crippen LogP contribution in [-0.4, -0.2) is 88.8 Å². The summed E-state index contributed by atoms with van der Waals surface area (Å²) in [6.07, 6.45) is 6.43. The summed E-state index contributed by atoms with van der Waals surface area (Å²) in [5.41, 5.74) is 6.74. The molecule has 1 saturated carbocycles. The van der Waals surface area contributed by atoms with E-state index < -0.39 is 66.1 Å². The van der Waals surface area contributed by atoms with Gasteiger partial charge in [-0.05, 0) is 37.8 Å². The summed E-state index contributed by atoms with van der Waals surface area (Å²) in [4.78, 5) is 62.3. The van der Waals surface area contributed by atoms with Crippen LogP contribution in [0.25, 0.3) is 22.2 Å². The number of ether oxygens (including phenoxy) is 2. The van der Waals surface area contributed by atoms with Gasteiger partial charge in [0.1, 0.15) is 29.2 Å². The molecule has 3 aromatic rings. The molecule has 1 aliphatic carbocycles. The number of aromatic nitrogens is 1. The van der Waals surface area contributed by atoms with E-state index in [0.29, 0.717) is 47.4 Å². The molecule has 11 nitrogen and oxygen atoms in total. The largest absolute Gasteiger partial charge is 0.497 e. The Morgan fingerprint density at radius 2 is 1.89 bits per heavy atom. The number of fused-ring (bicyclic) bond motifs is 3. The van der Waals surface area contributed by atoms with Crippen LogP contribution in [0.3, 0.4) is 0 Å². The van der Waals surface area contributed by atoms with Crippen LogP contribution in [0.4, 0.5) is 8.78 Å². The molecule has 280 valence electrons. The van der Waals surface area contributed by atoms with Gasteiger partial charge in [0.2, 0.25) is 23.6 Å². The fraction of sp³-hybridized carbons (Fsp3) is 0.475. The summed E-state index contributed by atoms with van der Waals surface area (Å²) in [5, 5.41) is 3.60. The molecule has 0 bridgehead atoms. The standard InChI is InChI=1S/C40H45F2N5O6/c1-52-28-14-15-30-32(19-28)44-31(25-10-7-5-8-11-25)21-34(30)53-29-20-33-36(49)45-40(38(43)51)22-27(40)13-9-4-2-3-6-12-26(37(50)47(33)23-29)18-35(48)46-17-16-39(41,42)24-46/h5,7-11,13-15,19,21,26-27,29,33H,2-4,6,12,16-18,20,22-24H2,1H3,(H2,43,51)(H,45,49)/b13-9-/t26-,27-,29-,33+,40-/m1/s1. The van der Waals surface area contributed by atoms with E-state index in [9.17, 15) is 28.0 Å². The predicted molar refractivity (Wildman–Crippen MR) is 193 cm³/mol. The number of nitrogens with zero attached hydrogens (tertiary/aromatic N) is 3. The second-order valence-corrected chi connectivity index (χ2v) is 14.8. The predicted octanol–water partition coefficient (Wildman–Crippen LogP) is 5.01. The number of benzene rings is 2. The fourth-order valence-corrected chi connectivity index (χ4v) is 7.95. The zero-order valence-corrected chi connectivity index (χ0v) is 29.8. The number of pyridine rings is 1. The molecule has 0 spiro atoms. The number of carbonyl (C=O) groups excluding carboxylic acids is 4. The first-order chi connectivity index (χ1) is 25.5. The van der Waals surface area contributed by atoms with Crippen molar-refractivity contribution in [1.82, 2.24) is 20.1 Å². The minimum atomic E-state index is -2.96. The van der Waals surface area contributed by atoms with Gasteiger partial charge in [0.05, 0.1) is 31.4 Å². The molecule has 3 N–H and O–H groups in total. The fourth-order valence-electron chi connectivity index (χ4n) is 7.95. The smallest absolute Gasteiger partial charge is 0.267 e. The molecule has 53 heavy (non-hydrogen) atoms.